The lowest BCUT2D eigenvalue weighted by atomic mass is 10.1. The van der Waals surface area contributed by atoms with Gasteiger partial charge in [0.1, 0.15) is 5.41 Å². The van der Waals surface area contributed by atoms with E-state index < -0.39 is 11.4 Å². The number of nitrogens with zero attached hydrogens (tertiary/aromatic N) is 1. The zero-order chi connectivity index (χ0) is 14.0. The second-order valence-electron chi connectivity index (χ2n) is 5.22. The summed E-state index contributed by atoms with van der Waals surface area (Å²) in [6, 6.07) is 8.01. The number of carbonyl (C=O) groups excluding carboxylic acids is 2. The van der Waals surface area contributed by atoms with Crippen molar-refractivity contribution in [2.24, 2.45) is 5.41 Å². The molecule has 0 N–H and O–H groups in total. The molecule has 0 bridgehead atoms. The molecular formula is C15H19NO3. The number of amides is 1. The van der Waals surface area contributed by atoms with Gasteiger partial charge >= 0.3 is 5.97 Å². The van der Waals surface area contributed by atoms with Gasteiger partial charge in [-0.2, -0.15) is 0 Å². The average Bonchev–Trinajstić information content (AvgIpc) is 3.18. The van der Waals surface area contributed by atoms with Gasteiger partial charge in [-0.3, -0.25) is 9.59 Å². The summed E-state index contributed by atoms with van der Waals surface area (Å²) in [6.45, 7) is 2.53. The number of rotatable bonds is 4. The topological polar surface area (TPSA) is 46.6 Å². The smallest absolute Gasteiger partial charge is 0.321 e. The van der Waals surface area contributed by atoms with Crippen LogP contribution in [-0.2, 0) is 20.9 Å². The van der Waals surface area contributed by atoms with E-state index >= 15 is 0 Å². The minimum atomic E-state index is -0.909. The van der Waals surface area contributed by atoms with Crippen LogP contribution < -0.4 is 0 Å². The van der Waals surface area contributed by atoms with Crippen LogP contribution in [0.25, 0.3) is 0 Å². The lowest BCUT2D eigenvalue weighted by Gasteiger charge is -2.22. The average molecular weight is 261 g/mol. The molecule has 0 atom stereocenters. The fourth-order valence-corrected chi connectivity index (χ4v) is 2.35. The van der Waals surface area contributed by atoms with Crippen LogP contribution in [0, 0.1) is 12.3 Å². The zero-order valence-electron chi connectivity index (χ0n) is 11.6. The lowest BCUT2D eigenvalue weighted by molar-refractivity contribution is -0.155. The van der Waals surface area contributed by atoms with E-state index in [2.05, 4.69) is 0 Å². The second-order valence-corrected chi connectivity index (χ2v) is 5.22. The molecule has 19 heavy (non-hydrogen) atoms. The van der Waals surface area contributed by atoms with Crippen molar-refractivity contribution < 1.29 is 14.3 Å². The van der Waals surface area contributed by atoms with Crippen LogP contribution >= 0.6 is 0 Å². The maximum atomic E-state index is 12.3. The van der Waals surface area contributed by atoms with E-state index in [-0.39, 0.29) is 5.91 Å². The second kappa shape index (κ2) is 5.03. The first-order chi connectivity index (χ1) is 8.99. The van der Waals surface area contributed by atoms with Crippen molar-refractivity contribution in [3.8, 4) is 0 Å². The summed E-state index contributed by atoms with van der Waals surface area (Å²) >= 11 is 0. The molecule has 1 aromatic rings. The maximum Gasteiger partial charge on any atom is 0.321 e. The molecule has 0 aromatic heterocycles. The van der Waals surface area contributed by atoms with Crippen LogP contribution in [0.2, 0.25) is 0 Å². The summed E-state index contributed by atoms with van der Waals surface area (Å²) in [6.07, 6.45) is 1.19. The van der Waals surface area contributed by atoms with E-state index in [0.717, 1.165) is 11.1 Å². The molecule has 1 aromatic carbocycles. The van der Waals surface area contributed by atoms with Gasteiger partial charge in [0.05, 0.1) is 7.11 Å². The van der Waals surface area contributed by atoms with Gasteiger partial charge in [0.2, 0.25) is 5.91 Å². The summed E-state index contributed by atoms with van der Waals surface area (Å²) in [5, 5.41) is 0. The normalized spacial score (nSPS) is 15.7. The first-order valence-corrected chi connectivity index (χ1v) is 6.39. The quantitative estimate of drug-likeness (QED) is 0.614. The van der Waals surface area contributed by atoms with Crippen LogP contribution in [0.15, 0.2) is 24.3 Å². The summed E-state index contributed by atoms with van der Waals surface area (Å²) in [5.74, 6) is -0.547. The highest BCUT2D eigenvalue weighted by Gasteiger charge is 2.58. The van der Waals surface area contributed by atoms with E-state index in [1.807, 2.05) is 31.2 Å². The molecule has 1 aliphatic rings. The van der Waals surface area contributed by atoms with Gasteiger partial charge in [0, 0.05) is 13.6 Å². The first kappa shape index (κ1) is 13.6. The minimum Gasteiger partial charge on any atom is -0.468 e. The molecule has 4 nitrogen and oxygen atoms in total. The van der Waals surface area contributed by atoms with Crippen molar-refractivity contribution >= 4 is 11.9 Å². The highest BCUT2D eigenvalue weighted by Crippen LogP contribution is 2.48. The summed E-state index contributed by atoms with van der Waals surface area (Å²) in [4.78, 5) is 25.6. The molecule has 0 radical (unpaired) electrons. The molecule has 1 saturated carbocycles. The molecule has 1 amide bonds. The molecule has 4 heteroatoms. The van der Waals surface area contributed by atoms with Crippen LogP contribution in [0.3, 0.4) is 0 Å². The van der Waals surface area contributed by atoms with Gasteiger partial charge in [0.15, 0.2) is 0 Å². The van der Waals surface area contributed by atoms with Gasteiger partial charge in [-0.1, -0.05) is 29.8 Å². The number of hydrogen-bond acceptors (Lipinski definition) is 3. The van der Waals surface area contributed by atoms with Crippen molar-refractivity contribution in [3.63, 3.8) is 0 Å². The van der Waals surface area contributed by atoms with E-state index in [9.17, 15) is 9.59 Å². The molecule has 1 fully saturated rings. The van der Waals surface area contributed by atoms with Crippen LogP contribution in [0.5, 0.6) is 0 Å². The zero-order valence-corrected chi connectivity index (χ0v) is 11.6. The Morgan fingerprint density at radius 3 is 2.58 bits per heavy atom. The summed E-state index contributed by atoms with van der Waals surface area (Å²) in [7, 11) is 3.06. The van der Waals surface area contributed by atoms with Crippen LogP contribution in [0.1, 0.15) is 24.0 Å². The number of carbonyl (C=O) groups is 2. The van der Waals surface area contributed by atoms with E-state index in [1.54, 1.807) is 11.9 Å². The van der Waals surface area contributed by atoms with Gasteiger partial charge in [-0.05, 0) is 25.3 Å². The number of benzene rings is 1. The largest absolute Gasteiger partial charge is 0.468 e. The Kier molecular flexibility index (Phi) is 3.60. The Balaban J connectivity index is 2.06. The third kappa shape index (κ3) is 2.62. The molecule has 2 rings (SSSR count). The molecule has 0 unspecified atom stereocenters. The number of hydrogen-bond donors (Lipinski definition) is 0. The predicted molar refractivity (Wildman–Crippen MR) is 71.3 cm³/mol. The summed E-state index contributed by atoms with van der Waals surface area (Å²) < 4.78 is 4.73. The van der Waals surface area contributed by atoms with E-state index in [0.29, 0.717) is 19.4 Å². The Morgan fingerprint density at radius 1 is 1.37 bits per heavy atom. The SMILES string of the molecule is COC(=O)C1(C(=O)N(C)Cc2cccc(C)c2)CC1. The maximum absolute atomic E-state index is 12.3. The van der Waals surface area contributed by atoms with E-state index in [1.165, 1.54) is 7.11 Å². The van der Waals surface area contributed by atoms with Crippen molar-refractivity contribution in [3.05, 3.63) is 35.4 Å². The number of methoxy groups -OCH3 is 1. The van der Waals surface area contributed by atoms with Crippen LogP contribution in [0.4, 0.5) is 0 Å². The first-order valence-electron chi connectivity index (χ1n) is 6.39. The molecular weight excluding hydrogens is 242 g/mol. The third-order valence-electron chi connectivity index (χ3n) is 3.58. The molecule has 1 aliphatic carbocycles. The fourth-order valence-electron chi connectivity index (χ4n) is 2.35. The molecule has 0 aliphatic heterocycles. The summed E-state index contributed by atoms with van der Waals surface area (Å²) in [5.41, 5.74) is 1.32. The van der Waals surface area contributed by atoms with Crippen molar-refractivity contribution in [2.75, 3.05) is 14.2 Å². The Morgan fingerprint density at radius 2 is 2.05 bits per heavy atom. The number of esters is 1. The number of ether oxygens (including phenoxy) is 1. The highest BCUT2D eigenvalue weighted by molar-refractivity contribution is 6.05. The minimum absolute atomic E-state index is 0.138. The van der Waals surface area contributed by atoms with Gasteiger partial charge in [-0.15, -0.1) is 0 Å². The van der Waals surface area contributed by atoms with Crippen LogP contribution in [-0.4, -0.2) is 30.9 Å². The lowest BCUT2D eigenvalue weighted by Crippen LogP contribution is -2.38. The van der Waals surface area contributed by atoms with Gasteiger partial charge in [0.25, 0.3) is 0 Å². The standard InChI is InChI=1S/C15H19NO3/c1-11-5-4-6-12(9-11)10-16(2)13(17)15(7-8-15)14(18)19-3/h4-6,9H,7-8,10H2,1-3H3. The van der Waals surface area contributed by atoms with Gasteiger partial charge in [-0.25, -0.2) is 0 Å². The highest BCUT2D eigenvalue weighted by atomic mass is 16.5. The molecule has 0 heterocycles. The number of aryl methyl sites for hydroxylation is 1. The third-order valence-corrected chi connectivity index (χ3v) is 3.58. The molecule has 102 valence electrons. The monoisotopic (exact) mass is 261 g/mol. The molecule has 0 saturated heterocycles. The van der Waals surface area contributed by atoms with Crippen molar-refractivity contribution in [1.29, 1.82) is 0 Å². The predicted octanol–water partition coefficient (Wildman–Crippen LogP) is 1.91. The fraction of sp³-hybridized carbons (Fsp3) is 0.467. The van der Waals surface area contributed by atoms with Crippen molar-refractivity contribution in [2.45, 2.75) is 26.3 Å². The Hall–Kier alpha value is -1.84. The van der Waals surface area contributed by atoms with Gasteiger partial charge < -0.3 is 9.64 Å². The Labute approximate surface area is 113 Å². The van der Waals surface area contributed by atoms with Crippen molar-refractivity contribution in [1.82, 2.24) is 4.90 Å². The van der Waals surface area contributed by atoms with E-state index in [4.69, 9.17) is 4.74 Å². The molecule has 0 spiro atoms. The Bertz CT molecular complexity index is 506.